The quantitative estimate of drug-likeness (QED) is 0.240. The van der Waals surface area contributed by atoms with E-state index in [1.165, 1.54) is 0 Å². The van der Waals surface area contributed by atoms with Crippen LogP contribution in [0.15, 0.2) is 0 Å². The van der Waals surface area contributed by atoms with Crippen molar-refractivity contribution in [3.63, 3.8) is 0 Å². The standard InChI is InChI=1S/2C3H6O3.3Co.2H2O4S/c2*1-2(4)3(5)6;;;;2*1-5(2,3)4/h2*2,4H,1H3,(H,5,6);;;;2*(H2,1,2,3,4)/q;;3*+2;;/p-6. The number of carbonyl (C=O) groups excluding carboxylic acids is 2. The van der Waals surface area contributed by atoms with E-state index < -0.39 is 44.9 Å². The van der Waals surface area contributed by atoms with E-state index in [0.29, 0.717) is 0 Å². The second-order valence-corrected chi connectivity index (χ2v) is 4.44. The summed E-state index contributed by atoms with van der Waals surface area (Å²) in [6.45, 7) is 2.27. The van der Waals surface area contributed by atoms with Crippen LogP contribution in [0.5, 0.6) is 0 Å². The van der Waals surface area contributed by atoms with E-state index in [1.54, 1.807) is 0 Å². The molecule has 2 unspecified atom stereocenters. The Morgan fingerprint density at radius 1 is 0.680 bits per heavy atom. The molecule has 0 aliphatic rings. The fourth-order valence-corrected chi connectivity index (χ4v) is 0. The van der Waals surface area contributed by atoms with Gasteiger partial charge in [-0.25, -0.2) is 0 Å². The van der Waals surface area contributed by atoms with Gasteiger partial charge in [-0.05, 0) is 13.8 Å². The van der Waals surface area contributed by atoms with Crippen molar-refractivity contribution in [1.29, 1.82) is 0 Å². The topological polar surface area (TPSA) is 281 Å². The van der Waals surface area contributed by atoms with E-state index in [4.69, 9.17) is 45.3 Å². The Morgan fingerprint density at radius 3 is 0.720 bits per heavy atom. The van der Waals surface area contributed by atoms with Crippen LogP contribution in [0.4, 0.5) is 0 Å². The fraction of sp³-hybridized carbons (Fsp3) is 0.667. The van der Waals surface area contributed by atoms with Gasteiger partial charge in [0.05, 0.1) is 24.1 Å². The van der Waals surface area contributed by atoms with Gasteiger partial charge in [0.2, 0.25) is 0 Å². The first-order valence-electron chi connectivity index (χ1n) is 4.40. The van der Waals surface area contributed by atoms with Gasteiger partial charge in [-0.15, -0.1) is 0 Å². The third-order valence-electron chi connectivity index (χ3n) is 0.682. The molecule has 0 fully saturated rings. The molecule has 0 aliphatic heterocycles. The maximum Gasteiger partial charge on any atom is 2.00 e. The van der Waals surface area contributed by atoms with E-state index in [1.807, 2.05) is 0 Å². The molecule has 0 aromatic rings. The number of aliphatic hydroxyl groups excluding tert-OH is 2. The monoisotopic (exact) mass is 547 g/mol. The van der Waals surface area contributed by atoms with Crippen LogP contribution < -0.4 is 10.2 Å². The maximum absolute atomic E-state index is 9.34. The largest absolute Gasteiger partial charge is 2.00 e. The van der Waals surface area contributed by atoms with Crippen molar-refractivity contribution < 1.29 is 115 Å². The van der Waals surface area contributed by atoms with E-state index in [9.17, 15) is 19.8 Å². The zero-order chi connectivity index (χ0) is 19.3. The second-order valence-electron chi connectivity index (χ2n) is 2.81. The van der Waals surface area contributed by atoms with Gasteiger partial charge in [-0.1, -0.05) is 0 Å². The van der Waals surface area contributed by atoms with E-state index in [2.05, 4.69) is 0 Å². The Balaban J connectivity index is -0.0000000333. The van der Waals surface area contributed by atoms with Crippen LogP contribution in [-0.2, 0) is 80.7 Å². The first-order valence-corrected chi connectivity index (χ1v) is 7.06. The van der Waals surface area contributed by atoms with Crippen LogP contribution in [0.3, 0.4) is 0 Å². The molecule has 14 nitrogen and oxygen atoms in total. The molecule has 0 heterocycles. The van der Waals surface area contributed by atoms with Crippen molar-refractivity contribution in [3.8, 4) is 0 Å². The molecule has 3 radical (unpaired) electrons. The van der Waals surface area contributed by atoms with Crippen molar-refractivity contribution in [2.75, 3.05) is 0 Å². The zero-order valence-electron chi connectivity index (χ0n) is 11.8. The number of carbonyl (C=O) groups is 2. The predicted octanol–water partition coefficient (Wildman–Crippen LogP) is -6.45. The smallest absolute Gasteiger partial charge is 0.759 e. The van der Waals surface area contributed by atoms with E-state index in [0.717, 1.165) is 13.8 Å². The third kappa shape index (κ3) is 179. The fourth-order valence-electron chi connectivity index (χ4n) is 0. The van der Waals surface area contributed by atoms with Crippen LogP contribution in [0.25, 0.3) is 0 Å². The second kappa shape index (κ2) is 22.2. The Bertz CT molecular complexity index is 449. The number of aliphatic carboxylic acids is 2. The van der Waals surface area contributed by atoms with Crippen LogP contribution in [-0.4, -0.2) is 69.4 Å². The average molecular weight is 547 g/mol. The molecule has 25 heavy (non-hydrogen) atoms. The minimum Gasteiger partial charge on any atom is -0.759 e. The van der Waals surface area contributed by atoms with Gasteiger partial charge < -0.3 is 48.2 Å². The number of carboxylic acid groups (broad SMARTS) is 2. The van der Waals surface area contributed by atoms with E-state index in [-0.39, 0.29) is 50.3 Å². The SMILES string of the molecule is CC(O)C(=O)[O-].CC(O)C(=O)[O-].O=S(=O)([O-])[O-].O=S(=O)([O-])[O-].[Co+2].[Co+2].[Co+2]. The van der Waals surface area contributed by atoms with Gasteiger partial charge in [-0.2, -0.15) is 0 Å². The molecule has 0 saturated heterocycles. The molecule has 0 amide bonds. The Morgan fingerprint density at radius 2 is 0.720 bits per heavy atom. The van der Waals surface area contributed by atoms with Gasteiger partial charge in [0.25, 0.3) is 0 Å². The van der Waals surface area contributed by atoms with Crippen molar-refractivity contribution in [2.45, 2.75) is 26.1 Å². The van der Waals surface area contributed by atoms with Gasteiger partial charge >= 0.3 is 50.3 Å². The maximum atomic E-state index is 9.34. The Kier molecular flexibility index (Phi) is 39.5. The first-order chi connectivity index (χ1) is 9.29. The molecule has 157 valence electrons. The van der Waals surface area contributed by atoms with E-state index >= 15 is 0 Å². The van der Waals surface area contributed by atoms with Crippen LogP contribution in [0.1, 0.15) is 13.8 Å². The summed E-state index contributed by atoms with van der Waals surface area (Å²) < 4.78 is 68.2. The Labute approximate surface area is 173 Å². The minimum atomic E-state index is -5.17. The normalized spacial score (nSPS) is 11.2. The van der Waals surface area contributed by atoms with Crippen molar-refractivity contribution >= 4 is 32.7 Å². The van der Waals surface area contributed by atoms with Gasteiger partial charge in [0.1, 0.15) is 0 Å². The molecule has 0 aromatic heterocycles. The predicted molar refractivity (Wildman–Crippen MR) is 54.3 cm³/mol. The average Bonchev–Trinajstić information content (AvgIpc) is 2.12. The van der Waals surface area contributed by atoms with Gasteiger partial charge in [0, 0.05) is 20.8 Å². The summed E-state index contributed by atoms with van der Waals surface area (Å²) in [5, 5.41) is 34.6. The summed E-state index contributed by atoms with van der Waals surface area (Å²) in [5.74, 6) is -2.87. The summed E-state index contributed by atoms with van der Waals surface area (Å²) in [6.07, 6.45) is -2.69. The first kappa shape index (κ1) is 44.5. The molecule has 2 atom stereocenters. The zero-order valence-corrected chi connectivity index (χ0v) is 16.5. The number of carboxylic acids is 2. The summed E-state index contributed by atoms with van der Waals surface area (Å²) >= 11 is 0. The number of rotatable bonds is 2. The van der Waals surface area contributed by atoms with Crippen molar-refractivity contribution in [3.05, 3.63) is 0 Å². The van der Waals surface area contributed by atoms with Crippen LogP contribution >= 0.6 is 0 Å². The summed E-state index contributed by atoms with van der Waals surface area (Å²) in [4.78, 5) is 18.7. The van der Waals surface area contributed by atoms with Crippen LogP contribution in [0.2, 0.25) is 0 Å². The van der Waals surface area contributed by atoms with Gasteiger partial charge in [-0.3, -0.25) is 16.8 Å². The summed E-state index contributed by atoms with van der Waals surface area (Å²) in [5.41, 5.74) is 0. The van der Waals surface area contributed by atoms with Crippen molar-refractivity contribution in [2.24, 2.45) is 0 Å². The molecule has 0 aromatic carbocycles. The molecule has 19 heteroatoms. The number of aliphatic hydroxyl groups is 2. The molecule has 0 bridgehead atoms. The molecule has 0 rings (SSSR count). The number of hydrogen-bond acceptors (Lipinski definition) is 14. The molecule has 0 spiro atoms. The van der Waals surface area contributed by atoms with Crippen molar-refractivity contribution in [1.82, 2.24) is 0 Å². The Hall–Kier alpha value is 0.119. The molecular weight excluding hydrogens is 537 g/mol. The molecule has 0 saturated carbocycles. The molecule has 2 N–H and O–H groups in total. The summed E-state index contributed by atoms with van der Waals surface area (Å²) in [7, 11) is -10.3. The molecule has 0 aliphatic carbocycles. The van der Waals surface area contributed by atoms with Crippen LogP contribution in [0, 0.1) is 0 Å². The number of hydrogen-bond donors (Lipinski definition) is 2. The summed E-state index contributed by atoms with van der Waals surface area (Å²) in [6, 6.07) is 0. The van der Waals surface area contributed by atoms with Gasteiger partial charge in [0.15, 0.2) is 0 Å². The minimum absolute atomic E-state index is 0. The third-order valence-corrected chi connectivity index (χ3v) is 0.682. The molecular formula is C6H10Co3O14S2.